The number of carboxylic acids is 1. The minimum absolute atomic E-state index is 0.0855. The van der Waals surface area contributed by atoms with E-state index in [4.69, 9.17) is 28.3 Å². The molecule has 0 amide bonds. The van der Waals surface area contributed by atoms with E-state index in [0.717, 1.165) is 0 Å². The Labute approximate surface area is 92.3 Å². The highest BCUT2D eigenvalue weighted by Gasteiger charge is 2.21. The van der Waals surface area contributed by atoms with E-state index in [1.807, 2.05) is 13.8 Å². The first-order valence-corrected chi connectivity index (χ1v) is 5.64. The van der Waals surface area contributed by atoms with Crippen LogP contribution in [0.4, 0.5) is 0 Å². The number of aliphatic carboxylic acids is 1. The van der Waals surface area contributed by atoms with Crippen LogP contribution in [-0.2, 0) is 4.79 Å². The summed E-state index contributed by atoms with van der Waals surface area (Å²) in [5, 5.41) is 8.86. The van der Waals surface area contributed by atoms with Crippen molar-refractivity contribution in [3.05, 3.63) is 10.6 Å². The second kappa shape index (κ2) is 6.57. The van der Waals surface area contributed by atoms with E-state index in [9.17, 15) is 4.79 Å². The molecule has 13 heavy (non-hydrogen) atoms. The first-order chi connectivity index (χ1) is 5.99. The molecule has 0 aromatic heterocycles. The van der Waals surface area contributed by atoms with Crippen LogP contribution in [0, 0.1) is 5.92 Å². The summed E-state index contributed by atoms with van der Waals surface area (Å²) >= 11 is 12.3. The number of hydrogen-bond acceptors (Lipinski definition) is 2. The Bertz CT molecular complexity index is 204. The third-order valence-electron chi connectivity index (χ3n) is 1.37. The van der Waals surface area contributed by atoms with Crippen LogP contribution in [0.25, 0.3) is 0 Å². The molecule has 2 nitrogen and oxygen atoms in total. The molecule has 0 radical (unpaired) electrons. The molecule has 0 rings (SSSR count). The highest BCUT2D eigenvalue weighted by Crippen LogP contribution is 2.23. The minimum Gasteiger partial charge on any atom is -0.480 e. The van der Waals surface area contributed by atoms with Gasteiger partial charge in [0.05, 0.1) is 0 Å². The third kappa shape index (κ3) is 5.45. The van der Waals surface area contributed by atoms with Gasteiger partial charge in [0, 0.05) is 16.3 Å². The van der Waals surface area contributed by atoms with Crippen molar-refractivity contribution in [1.82, 2.24) is 0 Å². The summed E-state index contributed by atoms with van der Waals surface area (Å²) < 4.78 is 0. The Morgan fingerprint density at radius 1 is 1.62 bits per heavy atom. The van der Waals surface area contributed by atoms with Crippen LogP contribution in [0.1, 0.15) is 13.8 Å². The number of thioether (sulfide) groups is 1. The van der Waals surface area contributed by atoms with Gasteiger partial charge in [0.1, 0.15) is 5.25 Å². The second-order valence-electron chi connectivity index (χ2n) is 2.87. The standard InChI is InChI=1S/C8H12Cl2O2S/c1-5(2)7(8(11)12)13-4-6(10)3-9/h3,5,7H,4H2,1-2H3,(H,11,12). The zero-order valence-electron chi connectivity index (χ0n) is 7.46. The first kappa shape index (κ1) is 13.1. The van der Waals surface area contributed by atoms with Gasteiger partial charge in [-0.2, -0.15) is 0 Å². The van der Waals surface area contributed by atoms with Gasteiger partial charge in [0.15, 0.2) is 0 Å². The van der Waals surface area contributed by atoms with Gasteiger partial charge in [-0.05, 0) is 5.92 Å². The van der Waals surface area contributed by atoms with E-state index in [1.165, 1.54) is 17.3 Å². The molecule has 0 aliphatic rings. The van der Waals surface area contributed by atoms with Crippen LogP contribution < -0.4 is 0 Å². The van der Waals surface area contributed by atoms with Crippen molar-refractivity contribution < 1.29 is 9.90 Å². The Morgan fingerprint density at radius 2 is 2.15 bits per heavy atom. The van der Waals surface area contributed by atoms with Crippen LogP contribution in [0.15, 0.2) is 10.6 Å². The fourth-order valence-corrected chi connectivity index (χ4v) is 2.06. The highest BCUT2D eigenvalue weighted by molar-refractivity contribution is 8.00. The molecule has 0 fully saturated rings. The van der Waals surface area contributed by atoms with E-state index in [2.05, 4.69) is 0 Å². The van der Waals surface area contributed by atoms with Crippen LogP contribution in [0.2, 0.25) is 0 Å². The summed E-state index contributed by atoms with van der Waals surface area (Å²) in [5.41, 5.74) is 1.26. The molecular formula is C8H12Cl2O2S. The van der Waals surface area contributed by atoms with Gasteiger partial charge >= 0.3 is 5.97 Å². The van der Waals surface area contributed by atoms with Gasteiger partial charge in [-0.25, -0.2) is 0 Å². The van der Waals surface area contributed by atoms with Gasteiger partial charge < -0.3 is 5.11 Å². The van der Waals surface area contributed by atoms with Crippen LogP contribution in [0.5, 0.6) is 0 Å². The highest BCUT2D eigenvalue weighted by atomic mass is 35.5. The molecule has 76 valence electrons. The minimum atomic E-state index is -0.806. The van der Waals surface area contributed by atoms with Crippen molar-refractivity contribution in [3.8, 4) is 0 Å². The monoisotopic (exact) mass is 242 g/mol. The van der Waals surface area contributed by atoms with Gasteiger partial charge in [0.2, 0.25) is 0 Å². The van der Waals surface area contributed by atoms with E-state index >= 15 is 0 Å². The molecule has 0 spiro atoms. The Kier molecular flexibility index (Phi) is 6.64. The van der Waals surface area contributed by atoms with E-state index in [1.54, 1.807) is 0 Å². The molecule has 0 aliphatic heterocycles. The van der Waals surface area contributed by atoms with Crippen LogP contribution in [0.3, 0.4) is 0 Å². The van der Waals surface area contributed by atoms with Crippen LogP contribution in [-0.4, -0.2) is 22.1 Å². The maximum absolute atomic E-state index is 10.7. The summed E-state index contributed by atoms with van der Waals surface area (Å²) in [5.74, 6) is -0.276. The van der Waals surface area contributed by atoms with Crippen molar-refractivity contribution in [2.45, 2.75) is 19.1 Å². The van der Waals surface area contributed by atoms with Gasteiger partial charge in [-0.15, -0.1) is 11.8 Å². The number of hydrogen-bond donors (Lipinski definition) is 1. The largest absolute Gasteiger partial charge is 0.480 e. The molecule has 0 bridgehead atoms. The molecule has 5 heteroatoms. The molecule has 0 aromatic carbocycles. The van der Waals surface area contributed by atoms with Crippen molar-refractivity contribution in [3.63, 3.8) is 0 Å². The number of carboxylic acid groups (broad SMARTS) is 1. The maximum atomic E-state index is 10.7. The quantitative estimate of drug-likeness (QED) is 0.805. The fourth-order valence-electron chi connectivity index (χ4n) is 0.750. The van der Waals surface area contributed by atoms with E-state index < -0.39 is 11.2 Å². The predicted molar refractivity (Wildman–Crippen MR) is 58.5 cm³/mol. The van der Waals surface area contributed by atoms with Gasteiger partial charge in [-0.3, -0.25) is 4.79 Å². The van der Waals surface area contributed by atoms with Crippen molar-refractivity contribution >= 4 is 40.9 Å². The second-order valence-corrected chi connectivity index (χ2v) is 4.70. The number of halogens is 2. The maximum Gasteiger partial charge on any atom is 0.316 e. The Hall–Kier alpha value is 0.140. The molecule has 1 N–H and O–H groups in total. The smallest absolute Gasteiger partial charge is 0.316 e. The average Bonchev–Trinajstić information content (AvgIpc) is 2.03. The molecule has 1 atom stereocenters. The zero-order chi connectivity index (χ0) is 10.4. The van der Waals surface area contributed by atoms with Crippen molar-refractivity contribution in [2.24, 2.45) is 5.92 Å². The summed E-state index contributed by atoms with van der Waals surface area (Å²) in [6.45, 7) is 3.73. The first-order valence-electron chi connectivity index (χ1n) is 3.78. The SMILES string of the molecule is CC(C)C(SCC(Cl)=CCl)C(=O)O. The summed E-state index contributed by atoms with van der Waals surface area (Å²) in [6.07, 6.45) is 0. The summed E-state index contributed by atoms with van der Waals surface area (Å²) in [7, 11) is 0. The molecule has 0 aromatic rings. The number of rotatable bonds is 5. The molecule has 1 unspecified atom stereocenters. The summed E-state index contributed by atoms with van der Waals surface area (Å²) in [4.78, 5) is 10.7. The lowest BCUT2D eigenvalue weighted by Crippen LogP contribution is -2.22. The lowest BCUT2D eigenvalue weighted by atomic mass is 10.1. The lowest BCUT2D eigenvalue weighted by molar-refractivity contribution is -0.137. The average molecular weight is 243 g/mol. The van der Waals surface area contributed by atoms with Crippen LogP contribution >= 0.6 is 35.0 Å². The van der Waals surface area contributed by atoms with Gasteiger partial charge in [-0.1, -0.05) is 37.0 Å². The van der Waals surface area contributed by atoms with Gasteiger partial charge in [0.25, 0.3) is 0 Å². The molecule has 0 heterocycles. The zero-order valence-corrected chi connectivity index (χ0v) is 9.79. The topological polar surface area (TPSA) is 37.3 Å². The molecule has 0 aliphatic carbocycles. The Balaban J connectivity index is 4.05. The normalized spacial score (nSPS) is 14.7. The Morgan fingerprint density at radius 3 is 2.46 bits per heavy atom. The summed E-state index contributed by atoms with van der Waals surface area (Å²) in [6, 6.07) is 0. The third-order valence-corrected chi connectivity index (χ3v) is 3.73. The molecule has 0 saturated heterocycles. The van der Waals surface area contributed by atoms with Crippen molar-refractivity contribution in [2.75, 3.05) is 5.75 Å². The van der Waals surface area contributed by atoms with E-state index in [-0.39, 0.29) is 5.92 Å². The molecule has 0 saturated carbocycles. The molecular weight excluding hydrogens is 231 g/mol. The lowest BCUT2D eigenvalue weighted by Gasteiger charge is -2.14. The number of carbonyl (C=O) groups is 1. The van der Waals surface area contributed by atoms with E-state index in [0.29, 0.717) is 10.8 Å². The van der Waals surface area contributed by atoms with Crippen molar-refractivity contribution in [1.29, 1.82) is 0 Å². The predicted octanol–water partition coefficient (Wildman–Crippen LogP) is 3.15. The fraction of sp³-hybridized carbons (Fsp3) is 0.625.